The van der Waals surface area contributed by atoms with Gasteiger partial charge in [0.2, 0.25) is 0 Å². The van der Waals surface area contributed by atoms with E-state index in [-0.39, 0.29) is 0 Å². The highest BCUT2D eigenvalue weighted by Gasteiger charge is 2.14. The lowest BCUT2D eigenvalue weighted by Crippen LogP contribution is -1.91. The van der Waals surface area contributed by atoms with Gasteiger partial charge in [0.25, 0.3) is 0 Å². The van der Waals surface area contributed by atoms with Gasteiger partial charge in [0.1, 0.15) is 5.04 Å². The van der Waals surface area contributed by atoms with Crippen molar-refractivity contribution in [1.29, 1.82) is 0 Å². The fraction of sp³-hybridized carbons (Fsp3) is 0.111. The van der Waals surface area contributed by atoms with Crippen molar-refractivity contribution in [1.82, 2.24) is 9.97 Å². The van der Waals surface area contributed by atoms with Gasteiger partial charge in [0.15, 0.2) is 12.2 Å². The van der Waals surface area contributed by atoms with Crippen LogP contribution in [-0.2, 0) is 0 Å². The zero-order valence-electron chi connectivity index (χ0n) is 13.6. The van der Waals surface area contributed by atoms with Crippen molar-refractivity contribution in [3.05, 3.63) is 54.7 Å². The molecule has 1 aliphatic heterocycles. The molecule has 4 heterocycles. The normalized spacial score (nSPS) is 14.1. The van der Waals surface area contributed by atoms with Crippen molar-refractivity contribution < 1.29 is 4.42 Å². The Morgan fingerprint density at radius 3 is 3.08 bits per heavy atom. The highest BCUT2D eigenvalue weighted by Crippen LogP contribution is 2.35. The van der Waals surface area contributed by atoms with E-state index in [0.717, 1.165) is 49.1 Å². The summed E-state index contributed by atoms with van der Waals surface area (Å²) in [5.41, 5.74) is 3.28. The number of oxazole rings is 1. The van der Waals surface area contributed by atoms with Crippen molar-refractivity contribution >= 4 is 56.7 Å². The molecule has 1 aromatic carbocycles. The summed E-state index contributed by atoms with van der Waals surface area (Å²) in [4.78, 5) is 13.1. The van der Waals surface area contributed by atoms with Gasteiger partial charge in [-0.05, 0) is 36.2 Å². The number of benzene rings is 1. The number of nitrogens with zero attached hydrogens (tertiary/aromatic N) is 2. The number of H-pyrrole nitrogens is 1. The molecular weight excluding hydrogens is 384 g/mol. The summed E-state index contributed by atoms with van der Waals surface area (Å²) >= 11 is 5.08. The highest BCUT2D eigenvalue weighted by molar-refractivity contribution is 8.14. The predicted molar refractivity (Wildman–Crippen MR) is 111 cm³/mol. The standard InChI is InChI=1S/C18H14N4OS3/c1-2-11-8-13(18-20-6-7-24-18)21-17(11)12(3-1)22-26-16-5-4-15(25-16)14-9-19-10-23-14/h1-5,8-10,21-22H,6-7H2. The minimum atomic E-state index is 0.799. The molecule has 0 amide bonds. The van der Waals surface area contributed by atoms with E-state index in [9.17, 15) is 0 Å². The fourth-order valence-electron chi connectivity index (χ4n) is 2.80. The number of anilines is 1. The first-order valence-corrected chi connectivity index (χ1v) is 10.7. The van der Waals surface area contributed by atoms with Crippen LogP contribution in [0.2, 0.25) is 0 Å². The van der Waals surface area contributed by atoms with E-state index in [4.69, 9.17) is 4.42 Å². The van der Waals surface area contributed by atoms with E-state index in [2.05, 4.69) is 56.1 Å². The molecule has 0 bridgehead atoms. The van der Waals surface area contributed by atoms with Gasteiger partial charge in [-0.3, -0.25) is 4.99 Å². The van der Waals surface area contributed by atoms with Gasteiger partial charge in [-0.15, -0.1) is 23.1 Å². The first kappa shape index (κ1) is 16.0. The number of thioether (sulfide) groups is 1. The molecule has 2 N–H and O–H groups in total. The predicted octanol–water partition coefficient (Wildman–Crippen LogP) is 5.50. The maximum absolute atomic E-state index is 5.36. The average Bonchev–Trinajstić information content (AvgIpc) is 3.46. The van der Waals surface area contributed by atoms with Gasteiger partial charge in [-0.1, -0.05) is 12.1 Å². The van der Waals surface area contributed by atoms with Crippen LogP contribution in [0.3, 0.4) is 0 Å². The van der Waals surface area contributed by atoms with Crippen LogP contribution < -0.4 is 4.72 Å². The van der Waals surface area contributed by atoms with Crippen molar-refractivity contribution in [2.24, 2.45) is 4.99 Å². The number of fused-ring (bicyclic) bond motifs is 1. The number of para-hydroxylation sites is 1. The number of hydrogen-bond acceptors (Lipinski definition) is 7. The van der Waals surface area contributed by atoms with Crippen LogP contribution in [0.15, 0.2) is 62.6 Å². The van der Waals surface area contributed by atoms with E-state index >= 15 is 0 Å². The summed E-state index contributed by atoms with van der Waals surface area (Å²) in [6.45, 7) is 0.905. The van der Waals surface area contributed by atoms with Crippen LogP contribution in [0, 0.1) is 0 Å². The second-order valence-corrected chi connectivity index (χ2v) is 8.95. The molecule has 5 rings (SSSR count). The quantitative estimate of drug-likeness (QED) is 0.435. The summed E-state index contributed by atoms with van der Waals surface area (Å²) in [5.74, 6) is 1.87. The van der Waals surface area contributed by atoms with Gasteiger partial charge in [-0.25, -0.2) is 4.98 Å². The maximum Gasteiger partial charge on any atom is 0.181 e. The molecule has 0 saturated carbocycles. The van der Waals surface area contributed by atoms with Crippen LogP contribution in [0.5, 0.6) is 0 Å². The Bertz CT molecular complexity index is 1080. The number of nitrogens with one attached hydrogen (secondary N) is 2. The first-order chi connectivity index (χ1) is 12.9. The van der Waals surface area contributed by atoms with Gasteiger partial charge in [-0.2, -0.15) is 0 Å². The van der Waals surface area contributed by atoms with Crippen LogP contribution in [-0.4, -0.2) is 27.3 Å². The molecule has 0 radical (unpaired) electrons. The molecule has 1 aliphatic rings. The van der Waals surface area contributed by atoms with E-state index < -0.39 is 0 Å². The molecule has 5 nitrogen and oxygen atoms in total. The number of hydrogen-bond donors (Lipinski definition) is 2. The lowest BCUT2D eigenvalue weighted by molar-refractivity contribution is 0.573. The monoisotopic (exact) mass is 398 g/mol. The molecule has 3 aromatic heterocycles. The van der Waals surface area contributed by atoms with E-state index in [0.29, 0.717) is 0 Å². The third kappa shape index (κ3) is 3.04. The van der Waals surface area contributed by atoms with E-state index in [1.807, 2.05) is 11.8 Å². The largest absolute Gasteiger partial charge is 0.443 e. The van der Waals surface area contributed by atoms with Crippen LogP contribution in [0.4, 0.5) is 5.69 Å². The summed E-state index contributed by atoms with van der Waals surface area (Å²) in [5, 5.41) is 2.30. The smallest absolute Gasteiger partial charge is 0.181 e. The number of thiophene rings is 1. The third-order valence-corrected chi connectivity index (χ3v) is 7.05. The first-order valence-electron chi connectivity index (χ1n) is 8.08. The lowest BCUT2D eigenvalue weighted by Gasteiger charge is -2.05. The molecule has 0 fully saturated rings. The van der Waals surface area contributed by atoms with E-state index in [1.165, 1.54) is 11.8 Å². The van der Waals surface area contributed by atoms with Crippen LogP contribution in [0.25, 0.3) is 21.5 Å². The molecule has 0 unspecified atom stereocenters. The molecule has 4 aromatic rings. The number of aliphatic imine (C=N–C) groups is 1. The van der Waals surface area contributed by atoms with Crippen LogP contribution in [0.1, 0.15) is 5.69 Å². The van der Waals surface area contributed by atoms with E-state index in [1.54, 1.807) is 29.5 Å². The second-order valence-electron chi connectivity index (χ2n) is 5.68. The number of aromatic amines is 1. The Morgan fingerprint density at radius 2 is 2.23 bits per heavy atom. The topological polar surface area (TPSA) is 66.2 Å². The summed E-state index contributed by atoms with van der Waals surface area (Å²) in [6, 6.07) is 12.6. The van der Waals surface area contributed by atoms with Crippen LogP contribution >= 0.6 is 35.0 Å². The Morgan fingerprint density at radius 1 is 1.23 bits per heavy atom. The van der Waals surface area contributed by atoms with Crippen molar-refractivity contribution in [3.63, 3.8) is 0 Å². The Balaban J connectivity index is 1.38. The van der Waals surface area contributed by atoms with Crippen molar-refractivity contribution in [3.8, 4) is 10.6 Å². The zero-order chi connectivity index (χ0) is 17.3. The SMILES string of the molecule is c1cc(NSc2ccc(-c3cnco3)s2)c2[nH]c(C3=NCCS3)cc2c1. The number of rotatable bonds is 5. The summed E-state index contributed by atoms with van der Waals surface area (Å²) in [7, 11) is 0. The molecule has 0 spiro atoms. The Kier molecular flexibility index (Phi) is 4.24. The zero-order valence-corrected chi connectivity index (χ0v) is 16.0. The Hall–Kier alpha value is -2.16. The molecule has 0 atom stereocenters. The molecule has 8 heteroatoms. The molecular formula is C18H14N4OS3. The van der Waals surface area contributed by atoms with Gasteiger partial charge < -0.3 is 14.1 Å². The Labute approximate surface area is 162 Å². The van der Waals surface area contributed by atoms with Crippen molar-refractivity contribution in [2.45, 2.75) is 4.21 Å². The molecule has 26 heavy (non-hydrogen) atoms. The molecule has 130 valence electrons. The lowest BCUT2D eigenvalue weighted by atomic mass is 10.2. The average molecular weight is 399 g/mol. The van der Waals surface area contributed by atoms with Crippen molar-refractivity contribution in [2.75, 3.05) is 17.0 Å². The van der Waals surface area contributed by atoms with Gasteiger partial charge in [0.05, 0.1) is 32.2 Å². The minimum Gasteiger partial charge on any atom is -0.443 e. The second kappa shape index (κ2) is 6.86. The molecule has 0 saturated heterocycles. The van der Waals surface area contributed by atoms with Gasteiger partial charge in [0, 0.05) is 17.7 Å². The highest BCUT2D eigenvalue weighted by atomic mass is 32.2. The maximum atomic E-state index is 5.36. The summed E-state index contributed by atoms with van der Waals surface area (Å²) in [6.07, 6.45) is 3.19. The number of aromatic nitrogens is 2. The fourth-order valence-corrected chi connectivity index (χ4v) is 5.40. The summed E-state index contributed by atoms with van der Waals surface area (Å²) < 4.78 is 9.99. The minimum absolute atomic E-state index is 0.799. The molecule has 0 aliphatic carbocycles. The van der Waals surface area contributed by atoms with Gasteiger partial charge >= 0.3 is 0 Å². The third-order valence-electron chi connectivity index (χ3n) is 3.99.